The predicted octanol–water partition coefficient (Wildman–Crippen LogP) is 2.02. The van der Waals surface area contributed by atoms with Crippen molar-refractivity contribution in [2.75, 3.05) is 33.2 Å². The van der Waals surface area contributed by atoms with E-state index in [1.54, 1.807) is 0 Å². The van der Waals surface area contributed by atoms with E-state index in [0.29, 0.717) is 0 Å². The molecular formula is C14H28N2O. The third kappa shape index (κ3) is 3.29. The van der Waals surface area contributed by atoms with Gasteiger partial charge in [0.05, 0.1) is 0 Å². The molecule has 17 heavy (non-hydrogen) atoms. The number of nitrogens with zero attached hydrogens (tertiary/aromatic N) is 2. The lowest BCUT2D eigenvalue weighted by Gasteiger charge is -2.47. The highest BCUT2D eigenvalue weighted by atomic mass is 16.1. The van der Waals surface area contributed by atoms with E-state index in [1.165, 1.54) is 6.29 Å². The summed E-state index contributed by atoms with van der Waals surface area (Å²) in [5.41, 5.74) is 0.0837. The zero-order chi connectivity index (χ0) is 13.1. The molecule has 1 aliphatic heterocycles. The van der Waals surface area contributed by atoms with Crippen LogP contribution in [0.3, 0.4) is 0 Å². The van der Waals surface area contributed by atoms with Crippen LogP contribution in [0.4, 0.5) is 0 Å². The molecule has 3 nitrogen and oxygen atoms in total. The molecule has 0 saturated carbocycles. The summed E-state index contributed by atoms with van der Waals surface area (Å²) in [5.74, 6) is 0. The second-order valence-corrected chi connectivity index (χ2v) is 6.13. The van der Waals surface area contributed by atoms with Gasteiger partial charge in [0.2, 0.25) is 0 Å². The van der Waals surface area contributed by atoms with Gasteiger partial charge in [0.25, 0.3) is 0 Å². The minimum atomic E-state index is -0.133. The summed E-state index contributed by atoms with van der Waals surface area (Å²) in [6, 6.07) is 0. The van der Waals surface area contributed by atoms with Crippen LogP contribution in [-0.4, -0.2) is 54.9 Å². The largest absolute Gasteiger partial charge is 0.303 e. The van der Waals surface area contributed by atoms with Crippen LogP contribution in [0.2, 0.25) is 0 Å². The normalized spacial score (nSPS) is 22.6. The standard InChI is InChI=1S/C14H28N2O/c1-6-14(7-2,12-17)11-16-9-8-15(5)13(3,4)10-16/h12H,6-11H2,1-5H3. The Bertz CT molecular complexity index is 259. The second kappa shape index (κ2) is 5.49. The molecule has 0 amide bonds. The molecule has 1 saturated heterocycles. The summed E-state index contributed by atoms with van der Waals surface area (Å²) in [5, 5.41) is 0. The quantitative estimate of drug-likeness (QED) is 0.687. The van der Waals surface area contributed by atoms with Crippen LogP contribution in [0.1, 0.15) is 40.5 Å². The topological polar surface area (TPSA) is 23.6 Å². The van der Waals surface area contributed by atoms with Crippen molar-refractivity contribution in [3.8, 4) is 0 Å². The van der Waals surface area contributed by atoms with Gasteiger partial charge in [0.1, 0.15) is 6.29 Å². The van der Waals surface area contributed by atoms with Crippen LogP contribution in [0.15, 0.2) is 0 Å². The first-order chi connectivity index (χ1) is 7.89. The maximum atomic E-state index is 11.4. The van der Waals surface area contributed by atoms with Gasteiger partial charge in [-0.25, -0.2) is 0 Å². The number of likely N-dealkylation sites (N-methyl/N-ethyl adjacent to an activating group) is 1. The second-order valence-electron chi connectivity index (χ2n) is 6.13. The molecule has 0 aliphatic carbocycles. The molecule has 0 radical (unpaired) electrons. The zero-order valence-corrected chi connectivity index (χ0v) is 12.1. The van der Waals surface area contributed by atoms with Gasteiger partial charge in [-0.2, -0.15) is 0 Å². The summed E-state index contributed by atoms with van der Waals surface area (Å²) < 4.78 is 0. The van der Waals surface area contributed by atoms with Crippen LogP contribution in [0, 0.1) is 5.41 Å². The van der Waals surface area contributed by atoms with Crippen molar-refractivity contribution >= 4 is 6.29 Å². The first-order valence-corrected chi connectivity index (χ1v) is 6.79. The Morgan fingerprint density at radius 2 is 1.82 bits per heavy atom. The molecule has 1 aliphatic rings. The van der Waals surface area contributed by atoms with E-state index in [1.807, 2.05) is 0 Å². The van der Waals surface area contributed by atoms with Gasteiger partial charge in [-0.1, -0.05) is 13.8 Å². The number of hydrogen-bond donors (Lipinski definition) is 0. The summed E-state index contributed by atoms with van der Waals surface area (Å²) >= 11 is 0. The summed E-state index contributed by atoms with van der Waals surface area (Å²) in [7, 11) is 2.18. The van der Waals surface area contributed by atoms with Gasteiger partial charge in [0.15, 0.2) is 0 Å². The van der Waals surface area contributed by atoms with E-state index in [-0.39, 0.29) is 11.0 Å². The van der Waals surface area contributed by atoms with Gasteiger partial charge in [0, 0.05) is 37.1 Å². The van der Waals surface area contributed by atoms with E-state index >= 15 is 0 Å². The maximum absolute atomic E-state index is 11.4. The van der Waals surface area contributed by atoms with Crippen LogP contribution in [-0.2, 0) is 4.79 Å². The molecule has 0 bridgehead atoms. The molecule has 1 rings (SSSR count). The van der Waals surface area contributed by atoms with Gasteiger partial charge in [-0.3, -0.25) is 9.80 Å². The van der Waals surface area contributed by atoms with Crippen molar-refractivity contribution in [2.45, 2.75) is 46.1 Å². The minimum absolute atomic E-state index is 0.133. The third-order valence-electron chi connectivity index (χ3n) is 4.59. The smallest absolute Gasteiger partial charge is 0.127 e. The summed E-state index contributed by atoms with van der Waals surface area (Å²) in [6.07, 6.45) is 3.07. The van der Waals surface area contributed by atoms with Gasteiger partial charge >= 0.3 is 0 Å². The van der Waals surface area contributed by atoms with Crippen LogP contribution < -0.4 is 0 Å². The van der Waals surface area contributed by atoms with Gasteiger partial charge in [-0.05, 0) is 33.7 Å². The average molecular weight is 240 g/mol. The fourth-order valence-electron chi connectivity index (χ4n) is 2.60. The molecule has 0 aromatic carbocycles. The van der Waals surface area contributed by atoms with E-state index in [0.717, 1.165) is 39.0 Å². The van der Waals surface area contributed by atoms with Crippen molar-refractivity contribution in [3.05, 3.63) is 0 Å². The molecule has 1 fully saturated rings. The molecule has 3 heteroatoms. The van der Waals surface area contributed by atoms with Crippen molar-refractivity contribution in [1.29, 1.82) is 0 Å². The predicted molar refractivity (Wildman–Crippen MR) is 72.2 cm³/mol. The lowest BCUT2D eigenvalue weighted by molar-refractivity contribution is -0.118. The van der Waals surface area contributed by atoms with Crippen LogP contribution >= 0.6 is 0 Å². The van der Waals surface area contributed by atoms with Gasteiger partial charge < -0.3 is 4.79 Å². The van der Waals surface area contributed by atoms with E-state index in [2.05, 4.69) is 44.5 Å². The molecule has 0 spiro atoms. The Morgan fingerprint density at radius 1 is 1.24 bits per heavy atom. The zero-order valence-electron chi connectivity index (χ0n) is 12.1. The number of hydrogen-bond acceptors (Lipinski definition) is 3. The molecule has 1 heterocycles. The van der Waals surface area contributed by atoms with Crippen molar-refractivity contribution in [2.24, 2.45) is 5.41 Å². The highest BCUT2D eigenvalue weighted by molar-refractivity contribution is 5.59. The average Bonchev–Trinajstić information content (AvgIpc) is 2.31. The highest BCUT2D eigenvalue weighted by Gasteiger charge is 2.35. The molecule has 0 N–H and O–H groups in total. The van der Waals surface area contributed by atoms with E-state index in [9.17, 15) is 4.79 Å². The Hall–Kier alpha value is -0.410. The number of piperazine rings is 1. The molecular weight excluding hydrogens is 212 g/mol. The summed E-state index contributed by atoms with van der Waals surface area (Å²) in [6.45, 7) is 12.9. The minimum Gasteiger partial charge on any atom is -0.303 e. The lowest BCUT2D eigenvalue weighted by Crippen LogP contribution is -2.59. The molecule has 0 aromatic heterocycles. The Balaban J connectivity index is 2.66. The monoisotopic (exact) mass is 240 g/mol. The van der Waals surface area contributed by atoms with E-state index in [4.69, 9.17) is 0 Å². The summed E-state index contributed by atoms with van der Waals surface area (Å²) in [4.78, 5) is 16.2. The number of rotatable bonds is 5. The molecule has 100 valence electrons. The van der Waals surface area contributed by atoms with Crippen molar-refractivity contribution < 1.29 is 4.79 Å². The first-order valence-electron chi connectivity index (χ1n) is 6.79. The van der Waals surface area contributed by atoms with Crippen molar-refractivity contribution in [3.63, 3.8) is 0 Å². The van der Waals surface area contributed by atoms with Gasteiger partial charge in [-0.15, -0.1) is 0 Å². The number of carbonyl (C=O) groups is 1. The number of carbonyl (C=O) groups excluding carboxylic acids is 1. The number of aldehydes is 1. The Morgan fingerprint density at radius 3 is 2.24 bits per heavy atom. The Labute approximate surface area is 106 Å². The third-order valence-corrected chi connectivity index (χ3v) is 4.59. The van der Waals surface area contributed by atoms with Crippen LogP contribution in [0.5, 0.6) is 0 Å². The molecule has 0 aromatic rings. The fourth-order valence-corrected chi connectivity index (χ4v) is 2.60. The maximum Gasteiger partial charge on any atom is 0.127 e. The molecule has 0 atom stereocenters. The fraction of sp³-hybridized carbons (Fsp3) is 0.929. The van der Waals surface area contributed by atoms with Crippen LogP contribution in [0.25, 0.3) is 0 Å². The van der Waals surface area contributed by atoms with E-state index < -0.39 is 0 Å². The SMILES string of the molecule is CCC(C=O)(CC)CN1CCN(C)C(C)(C)C1. The first kappa shape index (κ1) is 14.7. The Kier molecular flexibility index (Phi) is 4.73. The lowest BCUT2D eigenvalue weighted by atomic mass is 9.82. The molecule has 0 unspecified atom stereocenters. The van der Waals surface area contributed by atoms with Crippen molar-refractivity contribution in [1.82, 2.24) is 9.80 Å². The highest BCUT2D eigenvalue weighted by Crippen LogP contribution is 2.27.